The molecule has 100 valence electrons. The van der Waals surface area contributed by atoms with Gasteiger partial charge in [0.1, 0.15) is 11.7 Å². The molecule has 1 aromatic heterocycles. The van der Waals surface area contributed by atoms with Gasteiger partial charge in [-0.05, 0) is 24.6 Å². The molecule has 1 unspecified atom stereocenters. The number of aromatic nitrogens is 3. The summed E-state index contributed by atoms with van der Waals surface area (Å²) >= 11 is 5.81. The van der Waals surface area contributed by atoms with Crippen molar-refractivity contribution in [3.63, 3.8) is 0 Å². The van der Waals surface area contributed by atoms with Gasteiger partial charge in [-0.2, -0.15) is 5.10 Å². The number of carbonyl (C=O) groups is 1. The van der Waals surface area contributed by atoms with Gasteiger partial charge in [-0.15, -0.1) is 0 Å². The lowest BCUT2D eigenvalue weighted by Gasteiger charge is -2.13. The third kappa shape index (κ3) is 3.03. The molecule has 0 radical (unpaired) electrons. The van der Waals surface area contributed by atoms with Gasteiger partial charge in [-0.3, -0.25) is 9.78 Å². The van der Waals surface area contributed by atoms with Crippen LogP contribution in [0.5, 0.6) is 0 Å². The number of carbonyl (C=O) groups excluding carboxylic acids is 1. The van der Waals surface area contributed by atoms with Crippen LogP contribution in [0.25, 0.3) is 0 Å². The van der Waals surface area contributed by atoms with Crippen LogP contribution in [0.15, 0.2) is 29.1 Å². The van der Waals surface area contributed by atoms with Crippen LogP contribution in [0, 0.1) is 0 Å². The molecule has 0 amide bonds. The number of ether oxygens (including phenoxy) is 1. The molecule has 0 aliphatic heterocycles. The fraction of sp³-hybridized carbons (Fsp3) is 0.250. The van der Waals surface area contributed by atoms with Crippen LogP contribution < -0.4 is 5.69 Å². The van der Waals surface area contributed by atoms with Crippen molar-refractivity contribution in [2.45, 2.75) is 12.8 Å². The molecule has 2 rings (SSSR count). The molecule has 0 bridgehead atoms. The lowest BCUT2D eigenvalue weighted by atomic mass is 9.98. The molecule has 2 aromatic rings. The number of esters is 1. The minimum atomic E-state index is -0.781. The Balaban J connectivity index is 2.42. The summed E-state index contributed by atoms with van der Waals surface area (Å²) in [5, 5.41) is 6.58. The maximum atomic E-state index is 12.0. The molecule has 1 atom stereocenters. The molecule has 0 saturated carbocycles. The van der Waals surface area contributed by atoms with E-state index in [9.17, 15) is 9.59 Å². The molecule has 0 spiro atoms. The van der Waals surface area contributed by atoms with Gasteiger partial charge in [0.2, 0.25) is 0 Å². The smallest absolute Gasteiger partial charge is 0.340 e. The monoisotopic (exact) mass is 281 g/mol. The summed E-state index contributed by atoms with van der Waals surface area (Å²) in [7, 11) is 0. The van der Waals surface area contributed by atoms with Crippen molar-refractivity contribution in [3.05, 3.63) is 51.2 Å². The number of benzene rings is 1. The van der Waals surface area contributed by atoms with Gasteiger partial charge in [0.25, 0.3) is 0 Å². The number of aromatic amines is 2. The van der Waals surface area contributed by atoms with Gasteiger partial charge in [-0.1, -0.05) is 23.7 Å². The van der Waals surface area contributed by atoms with E-state index in [0.717, 1.165) is 0 Å². The summed E-state index contributed by atoms with van der Waals surface area (Å²) in [5.74, 6) is -1.05. The SMILES string of the molecule is CCOC(=O)C(c1ccc(Cl)cc1)c1n[nH]c(=O)[nH]1. The summed E-state index contributed by atoms with van der Waals surface area (Å²) in [6.45, 7) is 1.96. The number of H-pyrrole nitrogens is 2. The highest BCUT2D eigenvalue weighted by Crippen LogP contribution is 2.24. The summed E-state index contributed by atoms with van der Waals surface area (Å²) in [5.41, 5.74) is 0.170. The molecule has 1 heterocycles. The summed E-state index contributed by atoms with van der Waals surface area (Å²) in [6, 6.07) is 6.70. The average molecular weight is 282 g/mol. The summed E-state index contributed by atoms with van der Waals surface area (Å²) < 4.78 is 5.00. The van der Waals surface area contributed by atoms with Gasteiger partial charge in [0.05, 0.1) is 6.61 Å². The van der Waals surface area contributed by atoms with E-state index in [4.69, 9.17) is 16.3 Å². The summed E-state index contributed by atoms with van der Waals surface area (Å²) in [6.07, 6.45) is 0. The third-order valence-corrected chi connectivity index (χ3v) is 2.77. The van der Waals surface area contributed by atoms with E-state index < -0.39 is 17.6 Å². The number of halogens is 1. The fourth-order valence-electron chi connectivity index (χ4n) is 1.71. The number of nitrogens with one attached hydrogen (secondary N) is 2. The van der Waals surface area contributed by atoms with Crippen LogP contribution >= 0.6 is 11.6 Å². The first-order chi connectivity index (χ1) is 9.11. The first kappa shape index (κ1) is 13.4. The van der Waals surface area contributed by atoms with Crippen LogP contribution in [-0.2, 0) is 9.53 Å². The fourth-order valence-corrected chi connectivity index (χ4v) is 1.83. The van der Waals surface area contributed by atoms with E-state index in [1.165, 1.54) is 0 Å². The normalized spacial score (nSPS) is 12.1. The van der Waals surface area contributed by atoms with Crippen molar-refractivity contribution in [2.75, 3.05) is 6.61 Å². The van der Waals surface area contributed by atoms with Crippen molar-refractivity contribution < 1.29 is 9.53 Å². The highest BCUT2D eigenvalue weighted by atomic mass is 35.5. The Morgan fingerprint density at radius 3 is 2.63 bits per heavy atom. The maximum Gasteiger partial charge on any atom is 0.340 e. The average Bonchev–Trinajstić information content (AvgIpc) is 2.79. The van der Waals surface area contributed by atoms with Crippen molar-refractivity contribution >= 4 is 17.6 Å². The van der Waals surface area contributed by atoms with E-state index in [2.05, 4.69) is 15.2 Å². The standard InChI is InChI=1S/C12H12ClN3O3/c1-2-19-11(17)9(10-14-12(18)16-15-10)7-3-5-8(13)6-4-7/h3-6,9H,2H2,1H3,(H2,14,15,16,18). The van der Waals surface area contributed by atoms with Crippen molar-refractivity contribution in [1.82, 2.24) is 15.2 Å². The molecule has 0 fully saturated rings. The molecule has 2 N–H and O–H groups in total. The van der Waals surface area contributed by atoms with Crippen LogP contribution in [0.4, 0.5) is 0 Å². The molecule has 0 saturated heterocycles. The molecule has 7 heteroatoms. The Morgan fingerprint density at radius 1 is 1.42 bits per heavy atom. The van der Waals surface area contributed by atoms with Crippen LogP contribution in [-0.4, -0.2) is 27.8 Å². The van der Waals surface area contributed by atoms with Gasteiger partial charge >= 0.3 is 11.7 Å². The van der Waals surface area contributed by atoms with Crippen molar-refractivity contribution in [2.24, 2.45) is 0 Å². The van der Waals surface area contributed by atoms with Gasteiger partial charge in [-0.25, -0.2) is 9.89 Å². The van der Waals surface area contributed by atoms with E-state index in [-0.39, 0.29) is 12.4 Å². The second-order valence-electron chi connectivity index (χ2n) is 3.80. The molecular weight excluding hydrogens is 270 g/mol. The second-order valence-corrected chi connectivity index (χ2v) is 4.24. The van der Waals surface area contributed by atoms with Crippen molar-refractivity contribution in [3.8, 4) is 0 Å². The van der Waals surface area contributed by atoms with E-state index >= 15 is 0 Å². The summed E-state index contributed by atoms with van der Waals surface area (Å²) in [4.78, 5) is 25.6. The molecule has 19 heavy (non-hydrogen) atoms. The van der Waals surface area contributed by atoms with Crippen LogP contribution in [0.3, 0.4) is 0 Å². The van der Waals surface area contributed by atoms with E-state index in [0.29, 0.717) is 10.6 Å². The minimum Gasteiger partial charge on any atom is -0.465 e. The number of hydrogen-bond donors (Lipinski definition) is 2. The molecule has 1 aromatic carbocycles. The highest BCUT2D eigenvalue weighted by molar-refractivity contribution is 6.30. The Hall–Kier alpha value is -2.08. The Labute approximate surface area is 113 Å². The Morgan fingerprint density at radius 2 is 2.11 bits per heavy atom. The largest absolute Gasteiger partial charge is 0.465 e. The minimum absolute atomic E-state index is 0.214. The van der Waals surface area contributed by atoms with Crippen LogP contribution in [0.1, 0.15) is 24.2 Å². The highest BCUT2D eigenvalue weighted by Gasteiger charge is 2.27. The number of nitrogens with zero attached hydrogens (tertiary/aromatic N) is 1. The molecule has 0 aliphatic rings. The maximum absolute atomic E-state index is 12.0. The molecule has 6 nitrogen and oxygen atoms in total. The number of hydrogen-bond acceptors (Lipinski definition) is 4. The topological polar surface area (TPSA) is 87.8 Å². The van der Waals surface area contributed by atoms with E-state index in [1.54, 1.807) is 31.2 Å². The Kier molecular flexibility index (Phi) is 4.01. The predicted octanol–water partition coefficient (Wildman–Crippen LogP) is 1.45. The lowest BCUT2D eigenvalue weighted by Crippen LogP contribution is -2.19. The molecule has 0 aliphatic carbocycles. The van der Waals surface area contributed by atoms with Crippen LogP contribution in [0.2, 0.25) is 5.02 Å². The zero-order valence-electron chi connectivity index (χ0n) is 10.1. The first-order valence-corrected chi connectivity index (χ1v) is 6.06. The van der Waals surface area contributed by atoms with Gasteiger partial charge < -0.3 is 4.74 Å². The predicted molar refractivity (Wildman–Crippen MR) is 69.1 cm³/mol. The Bertz CT molecular complexity index is 618. The lowest BCUT2D eigenvalue weighted by molar-refractivity contribution is -0.144. The zero-order chi connectivity index (χ0) is 13.8. The van der Waals surface area contributed by atoms with Crippen molar-refractivity contribution in [1.29, 1.82) is 0 Å². The quantitative estimate of drug-likeness (QED) is 0.830. The van der Waals surface area contributed by atoms with E-state index in [1.807, 2.05) is 0 Å². The first-order valence-electron chi connectivity index (χ1n) is 5.68. The molecular formula is C12H12ClN3O3. The zero-order valence-corrected chi connectivity index (χ0v) is 10.9. The van der Waals surface area contributed by atoms with Gasteiger partial charge in [0.15, 0.2) is 0 Å². The number of rotatable bonds is 4. The second kappa shape index (κ2) is 5.71. The van der Waals surface area contributed by atoms with Gasteiger partial charge in [0, 0.05) is 5.02 Å². The third-order valence-electron chi connectivity index (χ3n) is 2.52.